The predicted octanol–water partition coefficient (Wildman–Crippen LogP) is 2.84. The predicted molar refractivity (Wildman–Crippen MR) is 92.7 cm³/mol. The molecule has 2 aromatic carbocycles. The quantitative estimate of drug-likeness (QED) is 0.887. The maximum Gasteiger partial charge on any atom is 0.320 e. The largest absolute Gasteiger partial charge is 0.480 e. The van der Waals surface area contributed by atoms with Crippen molar-refractivity contribution in [1.82, 2.24) is 4.90 Å². The van der Waals surface area contributed by atoms with Crippen LogP contribution >= 0.6 is 0 Å². The van der Waals surface area contributed by atoms with E-state index in [4.69, 9.17) is 5.11 Å². The highest BCUT2D eigenvalue weighted by Crippen LogP contribution is 2.21. The first kappa shape index (κ1) is 16.2. The molecule has 1 aliphatic heterocycles. The number of anilines is 1. The summed E-state index contributed by atoms with van der Waals surface area (Å²) in [5.41, 5.74) is 2.92. The molecule has 0 aliphatic carbocycles. The van der Waals surface area contributed by atoms with Gasteiger partial charge in [0.2, 0.25) is 5.91 Å². The van der Waals surface area contributed by atoms with E-state index in [-0.39, 0.29) is 12.5 Å². The minimum absolute atomic E-state index is 0.109. The average molecular weight is 324 g/mol. The lowest BCUT2D eigenvalue weighted by molar-refractivity contribution is -0.142. The number of hydrogen-bond acceptors (Lipinski definition) is 3. The molecule has 0 saturated carbocycles. The average Bonchev–Trinajstić information content (AvgIpc) is 3.04. The summed E-state index contributed by atoms with van der Waals surface area (Å²) in [6.07, 6.45) is 1.42. The second-order valence-electron chi connectivity index (χ2n) is 5.96. The fourth-order valence-electron chi connectivity index (χ4n) is 3.06. The van der Waals surface area contributed by atoms with E-state index in [2.05, 4.69) is 5.32 Å². The van der Waals surface area contributed by atoms with Crippen molar-refractivity contribution in [3.05, 3.63) is 54.6 Å². The van der Waals surface area contributed by atoms with Crippen LogP contribution in [0.1, 0.15) is 12.8 Å². The number of hydrogen-bond donors (Lipinski definition) is 2. The van der Waals surface area contributed by atoms with E-state index < -0.39 is 12.0 Å². The lowest BCUT2D eigenvalue weighted by atomic mass is 10.1. The van der Waals surface area contributed by atoms with Crippen LogP contribution in [0.3, 0.4) is 0 Å². The molecule has 3 rings (SSSR count). The zero-order chi connectivity index (χ0) is 16.9. The van der Waals surface area contributed by atoms with Crippen LogP contribution in [0, 0.1) is 0 Å². The molecule has 5 nitrogen and oxygen atoms in total. The van der Waals surface area contributed by atoms with Crippen molar-refractivity contribution in [3.8, 4) is 11.1 Å². The van der Waals surface area contributed by atoms with Crippen molar-refractivity contribution in [2.24, 2.45) is 0 Å². The molecule has 1 heterocycles. The summed E-state index contributed by atoms with van der Waals surface area (Å²) in [7, 11) is 0. The molecule has 0 unspecified atom stereocenters. The van der Waals surface area contributed by atoms with Crippen molar-refractivity contribution in [2.45, 2.75) is 18.9 Å². The smallest absolute Gasteiger partial charge is 0.320 e. The van der Waals surface area contributed by atoms with Gasteiger partial charge in [-0.3, -0.25) is 14.5 Å². The fourth-order valence-corrected chi connectivity index (χ4v) is 3.06. The monoisotopic (exact) mass is 324 g/mol. The Morgan fingerprint density at radius 1 is 1.04 bits per heavy atom. The van der Waals surface area contributed by atoms with Crippen molar-refractivity contribution in [2.75, 3.05) is 18.4 Å². The zero-order valence-corrected chi connectivity index (χ0v) is 13.3. The number of amides is 1. The van der Waals surface area contributed by atoms with Crippen LogP contribution in [0.2, 0.25) is 0 Å². The fraction of sp³-hybridized carbons (Fsp3) is 0.263. The molecule has 1 aliphatic rings. The number of nitrogens with zero attached hydrogens (tertiary/aromatic N) is 1. The summed E-state index contributed by atoms with van der Waals surface area (Å²) >= 11 is 0. The molecule has 1 amide bonds. The third kappa shape index (κ3) is 3.81. The molecule has 0 bridgehead atoms. The molecule has 124 valence electrons. The van der Waals surface area contributed by atoms with Gasteiger partial charge in [-0.2, -0.15) is 0 Å². The normalized spacial score (nSPS) is 17.6. The molecule has 0 radical (unpaired) electrons. The van der Waals surface area contributed by atoms with Crippen molar-refractivity contribution < 1.29 is 14.7 Å². The molecule has 0 spiro atoms. The van der Waals surface area contributed by atoms with Gasteiger partial charge in [-0.25, -0.2) is 0 Å². The first-order valence-electron chi connectivity index (χ1n) is 8.06. The molecule has 2 N–H and O–H groups in total. The molecule has 1 saturated heterocycles. The minimum atomic E-state index is -0.854. The standard InChI is InChI=1S/C19H20N2O3/c22-18(13-21-12-4-7-17(21)19(23)24)20-16-10-8-15(9-11-16)14-5-2-1-3-6-14/h1-3,5-6,8-11,17H,4,7,12-13H2,(H,20,22)(H,23,24)/t17-/m1/s1. The number of nitrogens with one attached hydrogen (secondary N) is 1. The number of likely N-dealkylation sites (tertiary alicyclic amines) is 1. The number of carboxylic acids is 1. The van der Waals surface area contributed by atoms with Crippen LogP contribution in [-0.4, -0.2) is 41.0 Å². The molecule has 24 heavy (non-hydrogen) atoms. The van der Waals surface area contributed by atoms with Gasteiger partial charge in [0.25, 0.3) is 0 Å². The number of aliphatic carboxylic acids is 1. The van der Waals surface area contributed by atoms with E-state index in [9.17, 15) is 9.59 Å². The Labute approximate surface area is 140 Å². The van der Waals surface area contributed by atoms with Crippen molar-refractivity contribution in [1.29, 1.82) is 0 Å². The Morgan fingerprint density at radius 2 is 1.71 bits per heavy atom. The van der Waals surface area contributed by atoms with Crippen LogP contribution in [0.15, 0.2) is 54.6 Å². The minimum Gasteiger partial charge on any atom is -0.480 e. The van der Waals surface area contributed by atoms with Crippen LogP contribution in [0.25, 0.3) is 11.1 Å². The van der Waals surface area contributed by atoms with Gasteiger partial charge in [0.05, 0.1) is 6.54 Å². The summed E-state index contributed by atoms with van der Waals surface area (Å²) in [4.78, 5) is 25.0. The van der Waals surface area contributed by atoms with Crippen LogP contribution in [0.4, 0.5) is 5.69 Å². The van der Waals surface area contributed by atoms with Gasteiger partial charge in [0.15, 0.2) is 0 Å². The second kappa shape index (κ2) is 7.27. The number of carboxylic acid groups (broad SMARTS) is 1. The Kier molecular flexibility index (Phi) is 4.91. The summed E-state index contributed by atoms with van der Waals surface area (Å²) in [6, 6.07) is 17.1. The van der Waals surface area contributed by atoms with E-state index in [0.29, 0.717) is 18.7 Å². The lowest BCUT2D eigenvalue weighted by Crippen LogP contribution is -2.40. The number of rotatable bonds is 5. The molecule has 2 aromatic rings. The number of carbonyl (C=O) groups excluding carboxylic acids is 1. The van der Waals surface area contributed by atoms with Gasteiger partial charge >= 0.3 is 5.97 Å². The highest BCUT2D eigenvalue weighted by Gasteiger charge is 2.31. The zero-order valence-electron chi connectivity index (χ0n) is 13.3. The maximum atomic E-state index is 12.1. The van der Waals surface area contributed by atoms with Crippen LogP contribution in [0.5, 0.6) is 0 Å². The summed E-state index contributed by atoms with van der Waals surface area (Å²) in [6.45, 7) is 0.759. The molecule has 0 aromatic heterocycles. The highest BCUT2D eigenvalue weighted by atomic mass is 16.4. The Morgan fingerprint density at radius 3 is 2.38 bits per heavy atom. The van der Waals surface area contributed by atoms with Crippen LogP contribution < -0.4 is 5.32 Å². The van der Waals surface area contributed by atoms with E-state index in [0.717, 1.165) is 17.5 Å². The lowest BCUT2D eigenvalue weighted by Gasteiger charge is -2.20. The Hall–Kier alpha value is -2.66. The Balaban J connectivity index is 1.60. The first-order valence-corrected chi connectivity index (χ1v) is 8.06. The van der Waals surface area contributed by atoms with E-state index in [1.165, 1.54) is 0 Å². The first-order chi connectivity index (χ1) is 11.6. The van der Waals surface area contributed by atoms with Gasteiger partial charge in [-0.1, -0.05) is 42.5 Å². The SMILES string of the molecule is O=C(CN1CCC[C@@H]1C(=O)O)Nc1ccc(-c2ccccc2)cc1. The van der Waals surface area contributed by atoms with Crippen LogP contribution in [-0.2, 0) is 9.59 Å². The van der Waals surface area contributed by atoms with E-state index in [1.807, 2.05) is 54.6 Å². The summed E-state index contributed by atoms with van der Waals surface area (Å²) in [5, 5.41) is 12.0. The van der Waals surface area contributed by atoms with E-state index >= 15 is 0 Å². The summed E-state index contributed by atoms with van der Waals surface area (Å²) < 4.78 is 0. The second-order valence-corrected chi connectivity index (χ2v) is 5.96. The van der Waals surface area contributed by atoms with Gasteiger partial charge in [0.1, 0.15) is 6.04 Å². The maximum absolute atomic E-state index is 12.1. The molecular weight excluding hydrogens is 304 g/mol. The third-order valence-corrected chi connectivity index (χ3v) is 4.27. The van der Waals surface area contributed by atoms with Gasteiger partial charge in [-0.05, 0) is 42.6 Å². The topological polar surface area (TPSA) is 69.6 Å². The third-order valence-electron chi connectivity index (χ3n) is 4.27. The number of carbonyl (C=O) groups is 2. The van der Waals surface area contributed by atoms with Gasteiger partial charge in [0, 0.05) is 5.69 Å². The van der Waals surface area contributed by atoms with Crippen molar-refractivity contribution in [3.63, 3.8) is 0 Å². The van der Waals surface area contributed by atoms with Crippen molar-refractivity contribution >= 4 is 17.6 Å². The molecular formula is C19H20N2O3. The van der Waals surface area contributed by atoms with Gasteiger partial charge < -0.3 is 10.4 Å². The summed E-state index contributed by atoms with van der Waals surface area (Å²) in [5.74, 6) is -1.04. The Bertz CT molecular complexity index is 713. The highest BCUT2D eigenvalue weighted by molar-refractivity contribution is 5.93. The molecule has 1 atom stereocenters. The number of benzene rings is 2. The van der Waals surface area contributed by atoms with Gasteiger partial charge in [-0.15, -0.1) is 0 Å². The molecule has 1 fully saturated rings. The molecule has 5 heteroatoms. The van der Waals surface area contributed by atoms with E-state index in [1.54, 1.807) is 4.90 Å².